The molecule has 2 nitrogen and oxygen atoms in total. The zero-order valence-corrected chi connectivity index (χ0v) is 11.0. The number of hydrogen-bond acceptors (Lipinski definition) is 2. The number of nitrogens with zero attached hydrogens (tertiary/aromatic N) is 1. The van der Waals surface area contributed by atoms with Crippen LogP contribution in [0.2, 0.25) is 5.02 Å². The van der Waals surface area contributed by atoms with Gasteiger partial charge in [0.2, 0.25) is 0 Å². The Balaban J connectivity index is 2.12. The number of hydrogen-bond donors (Lipinski definition) is 0. The first kappa shape index (κ1) is 11.2. The van der Waals surface area contributed by atoms with E-state index in [2.05, 4.69) is 27.7 Å². The molecule has 1 heterocycles. The minimum Gasteiger partial charge on any atom is -0.391 e. The summed E-state index contributed by atoms with van der Waals surface area (Å²) >= 11 is 8.15. The molecule has 0 fully saturated rings. The summed E-state index contributed by atoms with van der Waals surface area (Å²) < 4.78 is 0.995. The molecule has 0 saturated heterocycles. The Morgan fingerprint density at radius 2 is 2.13 bits per heavy atom. The fraction of sp³-hybridized carbons (Fsp3) is 0.364. The molecule has 0 N–H and O–H groups in total. The Hall–Kier alpha value is -0.290. The van der Waals surface area contributed by atoms with Gasteiger partial charge in [0.25, 0.3) is 0 Å². The predicted molar refractivity (Wildman–Crippen MR) is 71.0 cm³/mol. The van der Waals surface area contributed by atoms with Crippen LogP contribution in [-0.4, -0.2) is 16.2 Å². The van der Waals surface area contributed by atoms with Crippen molar-refractivity contribution in [3.8, 4) is 0 Å². The van der Waals surface area contributed by atoms with Gasteiger partial charge in [-0.1, -0.05) is 51.5 Å². The van der Waals surface area contributed by atoms with Crippen LogP contribution in [0.25, 0.3) is 0 Å². The summed E-state index contributed by atoms with van der Waals surface area (Å²) in [6.45, 7) is 0. The van der Waals surface area contributed by atoms with Crippen molar-refractivity contribution in [1.29, 1.82) is 0 Å². The van der Waals surface area contributed by atoms with Crippen molar-refractivity contribution in [2.24, 2.45) is 5.16 Å². The lowest BCUT2D eigenvalue weighted by atomic mass is 10.0. The quantitative estimate of drug-likeness (QED) is 0.597. The fourth-order valence-corrected chi connectivity index (χ4v) is 2.21. The number of oxime groups is 1. The molecule has 1 aliphatic heterocycles. The first-order chi connectivity index (χ1) is 7.29. The summed E-state index contributed by atoms with van der Waals surface area (Å²) in [4.78, 5) is 5.37. The molecule has 1 aromatic rings. The number of halogens is 2. The van der Waals surface area contributed by atoms with Crippen LogP contribution in [0.3, 0.4) is 0 Å². The van der Waals surface area contributed by atoms with Crippen molar-refractivity contribution in [3.63, 3.8) is 0 Å². The smallest absolute Gasteiger partial charge is 0.136 e. The molecule has 80 valence electrons. The van der Waals surface area contributed by atoms with Crippen LogP contribution in [0.5, 0.6) is 0 Å². The van der Waals surface area contributed by atoms with E-state index in [9.17, 15) is 0 Å². The molecule has 2 rings (SSSR count). The van der Waals surface area contributed by atoms with Crippen molar-refractivity contribution in [1.82, 2.24) is 0 Å². The molecule has 1 aromatic carbocycles. The zero-order valence-electron chi connectivity index (χ0n) is 8.12. The van der Waals surface area contributed by atoms with E-state index in [1.54, 1.807) is 0 Å². The monoisotopic (exact) mass is 335 g/mol. The van der Waals surface area contributed by atoms with Gasteiger partial charge in [-0.2, -0.15) is 0 Å². The van der Waals surface area contributed by atoms with Crippen molar-refractivity contribution in [2.45, 2.75) is 18.9 Å². The van der Waals surface area contributed by atoms with E-state index in [4.69, 9.17) is 16.4 Å². The molecular weight excluding hydrogens is 324 g/mol. The van der Waals surface area contributed by atoms with Gasteiger partial charge in [-0.15, -0.1) is 0 Å². The van der Waals surface area contributed by atoms with E-state index in [0.29, 0.717) is 0 Å². The molecule has 0 spiro atoms. The maximum atomic E-state index is 5.82. The Bertz CT molecular complexity index is 363. The van der Waals surface area contributed by atoms with Crippen LogP contribution in [0.15, 0.2) is 29.4 Å². The third kappa shape index (κ3) is 2.84. The van der Waals surface area contributed by atoms with E-state index in [1.165, 1.54) is 0 Å². The van der Waals surface area contributed by atoms with Gasteiger partial charge in [-0.3, -0.25) is 0 Å². The van der Waals surface area contributed by atoms with Gasteiger partial charge in [0.1, 0.15) is 6.10 Å². The average Bonchev–Trinajstić information content (AvgIpc) is 2.30. The second-order valence-electron chi connectivity index (χ2n) is 3.47. The second kappa shape index (κ2) is 5.16. The Morgan fingerprint density at radius 3 is 2.67 bits per heavy atom. The number of alkyl halides is 1. The minimum absolute atomic E-state index is 0.279. The largest absolute Gasteiger partial charge is 0.391 e. The molecule has 0 aromatic heterocycles. The summed E-state index contributed by atoms with van der Waals surface area (Å²) in [5.74, 6) is 0. The highest BCUT2D eigenvalue weighted by molar-refractivity contribution is 14.1. The van der Waals surface area contributed by atoms with Crippen LogP contribution >= 0.6 is 34.2 Å². The van der Waals surface area contributed by atoms with Crippen LogP contribution in [0.4, 0.5) is 0 Å². The average molecular weight is 336 g/mol. The van der Waals surface area contributed by atoms with Crippen LogP contribution in [-0.2, 0) is 4.84 Å². The number of rotatable bonds is 2. The third-order valence-corrected chi connectivity index (χ3v) is 3.60. The topological polar surface area (TPSA) is 21.6 Å². The van der Waals surface area contributed by atoms with Crippen LogP contribution < -0.4 is 0 Å². The zero-order chi connectivity index (χ0) is 10.7. The highest BCUT2D eigenvalue weighted by atomic mass is 127. The molecule has 4 heteroatoms. The maximum absolute atomic E-state index is 5.82. The lowest BCUT2D eigenvalue weighted by molar-refractivity contribution is 0.0626. The molecule has 1 aliphatic rings. The SMILES string of the molecule is Clc1ccc(C2=NOC(CI)CC2)cc1. The van der Waals surface area contributed by atoms with Crippen LogP contribution in [0, 0.1) is 0 Å². The van der Waals surface area contributed by atoms with E-state index >= 15 is 0 Å². The molecule has 1 unspecified atom stereocenters. The second-order valence-corrected chi connectivity index (χ2v) is 4.78. The van der Waals surface area contributed by atoms with Crippen molar-refractivity contribution < 1.29 is 4.84 Å². The van der Waals surface area contributed by atoms with Crippen molar-refractivity contribution in [3.05, 3.63) is 34.9 Å². The lowest BCUT2D eigenvalue weighted by Crippen LogP contribution is -2.20. The van der Waals surface area contributed by atoms with Gasteiger partial charge in [0.15, 0.2) is 0 Å². The van der Waals surface area contributed by atoms with Gasteiger partial charge in [0.05, 0.1) is 5.71 Å². The van der Waals surface area contributed by atoms with Crippen LogP contribution in [0.1, 0.15) is 18.4 Å². The van der Waals surface area contributed by atoms with Gasteiger partial charge < -0.3 is 4.84 Å². The standard InChI is InChI=1S/C11H11ClINO/c12-9-3-1-8(2-4-9)11-6-5-10(7-13)15-14-11/h1-4,10H,5-7H2. The summed E-state index contributed by atoms with van der Waals surface area (Å²) in [6, 6.07) is 7.72. The van der Waals surface area contributed by atoms with Crippen molar-refractivity contribution in [2.75, 3.05) is 4.43 Å². The van der Waals surface area contributed by atoms with Gasteiger partial charge in [-0.05, 0) is 30.5 Å². The first-order valence-corrected chi connectivity index (χ1v) is 6.74. The highest BCUT2D eigenvalue weighted by Crippen LogP contribution is 2.19. The fourth-order valence-electron chi connectivity index (χ4n) is 1.48. The molecule has 0 saturated carbocycles. The minimum atomic E-state index is 0.279. The molecular formula is C11H11ClINO. The lowest BCUT2D eigenvalue weighted by Gasteiger charge is -2.19. The van der Waals surface area contributed by atoms with Crippen molar-refractivity contribution >= 4 is 39.9 Å². The highest BCUT2D eigenvalue weighted by Gasteiger charge is 2.17. The van der Waals surface area contributed by atoms with E-state index in [0.717, 1.165) is 33.6 Å². The van der Waals surface area contributed by atoms with Gasteiger partial charge >= 0.3 is 0 Å². The normalized spacial score (nSPS) is 20.7. The molecule has 0 amide bonds. The van der Waals surface area contributed by atoms with Gasteiger partial charge in [-0.25, -0.2) is 0 Å². The summed E-state index contributed by atoms with van der Waals surface area (Å²) in [5, 5.41) is 4.90. The molecule has 15 heavy (non-hydrogen) atoms. The third-order valence-electron chi connectivity index (χ3n) is 2.36. The van der Waals surface area contributed by atoms with Gasteiger partial charge in [0, 0.05) is 9.45 Å². The first-order valence-electron chi connectivity index (χ1n) is 4.84. The predicted octanol–water partition coefficient (Wildman–Crippen LogP) is 3.66. The Kier molecular flexibility index (Phi) is 3.86. The Labute approximate surface area is 108 Å². The van der Waals surface area contributed by atoms with E-state index in [-0.39, 0.29) is 6.10 Å². The van der Waals surface area contributed by atoms with E-state index in [1.807, 2.05) is 24.3 Å². The summed E-state index contributed by atoms with van der Waals surface area (Å²) in [5.41, 5.74) is 2.12. The van der Waals surface area contributed by atoms with E-state index < -0.39 is 0 Å². The molecule has 0 bridgehead atoms. The summed E-state index contributed by atoms with van der Waals surface area (Å²) in [6.07, 6.45) is 2.31. The molecule has 1 atom stereocenters. The maximum Gasteiger partial charge on any atom is 0.136 e. The molecule has 0 radical (unpaired) electrons. The number of benzene rings is 1. The molecule has 0 aliphatic carbocycles. The summed E-state index contributed by atoms with van der Waals surface area (Å²) in [7, 11) is 0. The Morgan fingerprint density at radius 1 is 1.40 bits per heavy atom.